The lowest BCUT2D eigenvalue weighted by Gasteiger charge is -2.06. The molecule has 0 aliphatic rings. The summed E-state index contributed by atoms with van der Waals surface area (Å²) >= 11 is 0. The van der Waals surface area contributed by atoms with Crippen LogP contribution in [0.25, 0.3) is 0 Å². The summed E-state index contributed by atoms with van der Waals surface area (Å²) in [6, 6.07) is 8.48. The van der Waals surface area contributed by atoms with Gasteiger partial charge >= 0.3 is 15.9 Å². The van der Waals surface area contributed by atoms with Crippen molar-refractivity contribution in [2.75, 3.05) is 0 Å². The van der Waals surface area contributed by atoms with Gasteiger partial charge in [0.15, 0.2) is 0 Å². The summed E-state index contributed by atoms with van der Waals surface area (Å²) in [5.41, 5.74) is 0.885. The zero-order valence-corrected chi connectivity index (χ0v) is 11.2. The summed E-state index contributed by atoms with van der Waals surface area (Å²) in [6.07, 6.45) is 1.18. The molecule has 2 rings (SSSR count). The molecule has 1 heterocycles. The second-order valence-electron chi connectivity index (χ2n) is 3.93. The third kappa shape index (κ3) is 2.91. The first kappa shape index (κ1) is 13.9. The molecule has 0 spiro atoms. The molecule has 1 aromatic carbocycles. The summed E-state index contributed by atoms with van der Waals surface area (Å²) in [7, 11) is -4.13. The molecule has 8 heteroatoms. The molecule has 0 radical (unpaired) electrons. The fraction of sp³-hybridized carbons (Fsp3) is 0.0833. The van der Waals surface area contributed by atoms with Crippen LogP contribution in [0.3, 0.4) is 0 Å². The molecule has 0 N–H and O–H groups in total. The monoisotopic (exact) mass is 294 g/mol. The van der Waals surface area contributed by atoms with Crippen molar-refractivity contribution in [3.63, 3.8) is 0 Å². The average molecular weight is 294 g/mol. The summed E-state index contributed by atoms with van der Waals surface area (Å²) in [5.74, 6) is -1.07. The van der Waals surface area contributed by atoms with Crippen molar-refractivity contribution in [2.45, 2.75) is 11.8 Å². The summed E-state index contributed by atoms with van der Waals surface area (Å²) in [6.45, 7) is 1.81. The third-order valence-corrected chi connectivity index (χ3v) is 3.68. The quantitative estimate of drug-likeness (QED) is 0.486. The largest absolute Gasteiger partial charge is 0.407 e. The highest BCUT2D eigenvalue weighted by Crippen LogP contribution is 2.26. The van der Waals surface area contributed by atoms with E-state index in [0.29, 0.717) is 0 Å². The minimum Gasteiger partial charge on any atom is -0.370 e. The number of hydrogen-bond donors (Lipinski definition) is 0. The number of aromatic nitrogens is 1. The zero-order chi connectivity index (χ0) is 14.8. The minimum absolute atomic E-state index is 0.0822. The lowest BCUT2D eigenvalue weighted by atomic mass is 10.2. The Labute approximate surface area is 115 Å². The normalized spacial score (nSPS) is 11.1. The van der Waals surface area contributed by atoms with Crippen LogP contribution in [0.15, 0.2) is 47.5 Å². The van der Waals surface area contributed by atoms with Crippen molar-refractivity contribution in [1.82, 2.24) is 4.98 Å². The van der Waals surface area contributed by atoms with E-state index in [1.54, 1.807) is 12.1 Å². The standard InChI is InChI=1S/C12H10N2O5S/c1-9-4-6-10(7-5-9)20(17,18)19-11-3-2-8-13-12(11)14(15)16/h2-8H,1H3. The molecular weight excluding hydrogens is 284 g/mol. The van der Waals surface area contributed by atoms with Crippen LogP contribution in [0.5, 0.6) is 5.75 Å². The first-order valence-electron chi connectivity index (χ1n) is 5.51. The van der Waals surface area contributed by atoms with Gasteiger partial charge in [-0.3, -0.25) is 0 Å². The van der Waals surface area contributed by atoms with Gasteiger partial charge in [0, 0.05) is 0 Å². The number of nitrogens with zero attached hydrogens (tertiary/aromatic N) is 2. The molecule has 0 unspecified atom stereocenters. The van der Waals surface area contributed by atoms with Crippen molar-refractivity contribution >= 4 is 15.9 Å². The van der Waals surface area contributed by atoms with Gasteiger partial charge in [0.25, 0.3) is 0 Å². The highest BCUT2D eigenvalue weighted by Gasteiger charge is 2.23. The lowest BCUT2D eigenvalue weighted by molar-refractivity contribution is -0.390. The predicted octanol–water partition coefficient (Wildman–Crippen LogP) is 2.07. The second kappa shape index (κ2) is 5.25. The Kier molecular flexibility index (Phi) is 3.66. The van der Waals surface area contributed by atoms with E-state index in [9.17, 15) is 18.5 Å². The maximum absolute atomic E-state index is 12.0. The van der Waals surface area contributed by atoms with Crippen LogP contribution in [-0.2, 0) is 10.1 Å². The van der Waals surface area contributed by atoms with Gasteiger partial charge in [-0.05, 0) is 41.1 Å². The number of rotatable bonds is 4. The van der Waals surface area contributed by atoms with Crippen LogP contribution in [-0.4, -0.2) is 18.3 Å². The number of nitro groups is 1. The molecule has 0 aliphatic carbocycles. The van der Waals surface area contributed by atoms with E-state index in [2.05, 4.69) is 4.98 Å². The van der Waals surface area contributed by atoms with Crippen LogP contribution >= 0.6 is 0 Å². The van der Waals surface area contributed by atoms with E-state index in [4.69, 9.17) is 4.18 Å². The Bertz CT molecular complexity index is 741. The first-order chi connectivity index (χ1) is 9.40. The van der Waals surface area contributed by atoms with Gasteiger partial charge in [-0.1, -0.05) is 17.7 Å². The third-order valence-electron chi connectivity index (χ3n) is 2.43. The van der Waals surface area contributed by atoms with Crippen LogP contribution < -0.4 is 4.18 Å². The van der Waals surface area contributed by atoms with Crippen molar-refractivity contribution in [1.29, 1.82) is 0 Å². The maximum atomic E-state index is 12.0. The average Bonchev–Trinajstić information content (AvgIpc) is 2.39. The molecule has 2 aromatic rings. The van der Waals surface area contributed by atoms with Crippen molar-refractivity contribution in [3.8, 4) is 5.75 Å². The second-order valence-corrected chi connectivity index (χ2v) is 5.48. The number of benzene rings is 1. The van der Waals surface area contributed by atoms with Gasteiger partial charge in [0.05, 0.1) is 0 Å². The highest BCUT2D eigenvalue weighted by molar-refractivity contribution is 7.87. The molecule has 0 aliphatic heterocycles. The smallest absolute Gasteiger partial charge is 0.370 e. The summed E-state index contributed by atoms with van der Waals surface area (Å²) in [4.78, 5) is 13.4. The molecular formula is C12H10N2O5S. The lowest BCUT2D eigenvalue weighted by Crippen LogP contribution is -2.11. The van der Waals surface area contributed by atoms with Gasteiger partial charge in [0.2, 0.25) is 5.75 Å². The highest BCUT2D eigenvalue weighted by atomic mass is 32.2. The number of aryl methyl sites for hydroxylation is 1. The Morgan fingerprint density at radius 1 is 1.20 bits per heavy atom. The van der Waals surface area contributed by atoms with Crippen molar-refractivity contribution < 1.29 is 17.5 Å². The fourth-order valence-electron chi connectivity index (χ4n) is 1.46. The first-order valence-corrected chi connectivity index (χ1v) is 6.91. The summed E-state index contributed by atoms with van der Waals surface area (Å²) in [5, 5.41) is 10.8. The van der Waals surface area contributed by atoms with E-state index >= 15 is 0 Å². The topological polar surface area (TPSA) is 99.4 Å². The molecule has 0 atom stereocenters. The Morgan fingerprint density at radius 3 is 2.45 bits per heavy atom. The number of hydrogen-bond acceptors (Lipinski definition) is 6. The fourth-order valence-corrected chi connectivity index (χ4v) is 2.39. The van der Waals surface area contributed by atoms with E-state index in [0.717, 1.165) is 5.56 Å². The molecule has 7 nitrogen and oxygen atoms in total. The van der Waals surface area contributed by atoms with Crippen molar-refractivity contribution in [3.05, 3.63) is 58.3 Å². The SMILES string of the molecule is Cc1ccc(S(=O)(=O)Oc2cccnc2[N+](=O)[O-])cc1. The molecule has 0 saturated carbocycles. The van der Waals surface area contributed by atoms with Gasteiger partial charge < -0.3 is 14.3 Å². The molecule has 0 saturated heterocycles. The van der Waals surface area contributed by atoms with Gasteiger partial charge in [-0.15, -0.1) is 0 Å². The Hall–Kier alpha value is -2.48. The van der Waals surface area contributed by atoms with E-state index < -0.39 is 26.6 Å². The molecule has 0 amide bonds. The molecule has 20 heavy (non-hydrogen) atoms. The van der Waals surface area contributed by atoms with E-state index in [1.807, 2.05) is 6.92 Å². The van der Waals surface area contributed by atoms with Gasteiger partial charge in [-0.2, -0.15) is 8.42 Å². The van der Waals surface area contributed by atoms with Crippen LogP contribution in [0.1, 0.15) is 5.56 Å². The molecule has 104 valence electrons. The van der Waals surface area contributed by atoms with Gasteiger partial charge in [0.1, 0.15) is 11.1 Å². The summed E-state index contributed by atoms with van der Waals surface area (Å²) < 4.78 is 28.8. The van der Waals surface area contributed by atoms with Crippen LogP contribution in [0, 0.1) is 17.0 Å². The minimum atomic E-state index is -4.13. The van der Waals surface area contributed by atoms with Crippen LogP contribution in [0.2, 0.25) is 0 Å². The van der Waals surface area contributed by atoms with Crippen LogP contribution in [0.4, 0.5) is 5.82 Å². The number of pyridine rings is 1. The van der Waals surface area contributed by atoms with Gasteiger partial charge in [-0.25, -0.2) is 0 Å². The Balaban J connectivity index is 2.38. The Morgan fingerprint density at radius 2 is 1.85 bits per heavy atom. The molecule has 0 fully saturated rings. The molecule has 0 bridgehead atoms. The van der Waals surface area contributed by atoms with Crippen molar-refractivity contribution in [2.24, 2.45) is 0 Å². The van der Waals surface area contributed by atoms with E-state index in [-0.39, 0.29) is 4.90 Å². The maximum Gasteiger partial charge on any atom is 0.407 e. The van der Waals surface area contributed by atoms with E-state index in [1.165, 1.54) is 30.5 Å². The predicted molar refractivity (Wildman–Crippen MR) is 69.9 cm³/mol. The molecule has 1 aromatic heterocycles. The zero-order valence-electron chi connectivity index (χ0n) is 10.4.